The zero-order valence-electron chi connectivity index (χ0n) is 16.8. The van der Waals surface area contributed by atoms with Crippen molar-refractivity contribution in [3.8, 4) is 11.4 Å². The molecular formula is C22H21N3O4S. The molecule has 0 aliphatic carbocycles. The lowest BCUT2D eigenvalue weighted by atomic mass is 10.2. The van der Waals surface area contributed by atoms with E-state index in [-0.39, 0.29) is 11.5 Å². The molecule has 8 heteroatoms. The summed E-state index contributed by atoms with van der Waals surface area (Å²) in [5, 5.41) is 0.732. The molecule has 1 unspecified atom stereocenters. The van der Waals surface area contributed by atoms with Gasteiger partial charge in [-0.15, -0.1) is 0 Å². The van der Waals surface area contributed by atoms with Gasteiger partial charge in [-0.25, -0.2) is 4.98 Å². The first-order valence-electron chi connectivity index (χ1n) is 9.54. The highest BCUT2D eigenvalue weighted by Gasteiger charge is 2.22. The number of ether oxygens (including phenoxy) is 2. The minimum atomic E-state index is -0.531. The van der Waals surface area contributed by atoms with Crippen LogP contribution in [0.3, 0.4) is 0 Å². The number of fused-ring (bicyclic) bond motifs is 3. The van der Waals surface area contributed by atoms with Crippen LogP contribution in [0.2, 0.25) is 0 Å². The first-order valence-corrected chi connectivity index (χ1v) is 10.4. The zero-order chi connectivity index (χ0) is 21.3. The summed E-state index contributed by atoms with van der Waals surface area (Å²) in [7, 11) is 1.57. The second-order valence-electron chi connectivity index (χ2n) is 6.64. The van der Waals surface area contributed by atoms with Gasteiger partial charge in [-0.3, -0.25) is 14.2 Å². The predicted molar refractivity (Wildman–Crippen MR) is 118 cm³/mol. The number of methoxy groups -OCH3 is 1. The van der Waals surface area contributed by atoms with E-state index in [2.05, 4.69) is 4.98 Å². The number of aromatic nitrogens is 3. The second-order valence-corrected chi connectivity index (χ2v) is 7.95. The average Bonchev–Trinajstić information content (AvgIpc) is 3.13. The topological polar surface area (TPSA) is 86.2 Å². The Bertz CT molecular complexity index is 1290. The minimum absolute atomic E-state index is 0.247. The molecule has 0 bridgehead atoms. The van der Waals surface area contributed by atoms with Gasteiger partial charge in [0.05, 0.1) is 19.4 Å². The molecule has 0 saturated carbocycles. The number of H-pyrrole nitrogens is 1. The number of para-hydroxylation sites is 1. The van der Waals surface area contributed by atoms with E-state index in [1.165, 1.54) is 16.3 Å². The Morgan fingerprint density at radius 3 is 2.80 bits per heavy atom. The van der Waals surface area contributed by atoms with Gasteiger partial charge in [-0.1, -0.05) is 36.0 Å². The number of aromatic amines is 1. The SMILES string of the molecule is CCOC(=O)C(C)Sc1nc2c([nH]c3ccccc32)c(=O)n1-c1cccc(OC)c1. The summed E-state index contributed by atoms with van der Waals surface area (Å²) in [6.45, 7) is 3.79. The van der Waals surface area contributed by atoms with E-state index in [9.17, 15) is 9.59 Å². The molecular weight excluding hydrogens is 402 g/mol. The largest absolute Gasteiger partial charge is 0.497 e. The Morgan fingerprint density at radius 2 is 2.03 bits per heavy atom. The highest BCUT2D eigenvalue weighted by Crippen LogP contribution is 2.29. The molecule has 0 fully saturated rings. The molecule has 7 nitrogen and oxygen atoms in total. The first kappa shape index (κ1) is 20.0. The average molecular weight is 423 g/mol. The Hall–Kier alpha value is -3.26. The van der Waals surface area contributed by atoms with E-state index in [1.54, 1.807) is 45.2 Å². The number of nitrogens with zero attached hydrogens (tertiary/aromatic N) is 2. The fourth-order valence-electron chi connectivity index (χ4n) is 3.26. The summed E-state index contributed by atoms with van der Waals surface area (Å²) >= 11 is 1.19. The van der Waals surface area contributed by atoms with E-state index in [0.29, 0.717) is 34.2 Å². The van der Waals surface area contributed by atoms with Crippen LogP contribution < -0.4 is 10.3 Å². The molecule has 2 aromatic heterocycles. The lowest BCUT2D eigenvalue weighted by Gasteiger charge is -2.15. The minimum Gasteiger partial charge on any atom is -0.497 e. The molecule has 30 heavy (non-hydrogen) atoms. The van der Waals surface area contributed by atoms with Gasteiger partial charge < -0.3 is 14.5 Å². The zero-order valence-corrected chi connectivity index (χ0v) is 17.7. The number of rotatable bonds is 6. The van der Waals surface area contributed by atoms with Crippen molar-refractivity contribution in [1.29, 1.82) is 0 Å². The van der Waals surface area contributed by atoms with Crippen LogP contribution >= 0.6 is 11.8 Å². The highest BCUT2D eigenvalue weighted by atomic mass is 32.2. The third kappa shape index (κ3) is 3.54. The van der Waals surface area contributed by atoms with E-state index in [4.69, 9.17) is 14.5 Å². The number of nitrogens with one attached hydrogen (secondary N) is 1. The van der Waals surface area contributed by atoms with Gasteiger partial charge >= 0.3 is 5.97 Å². The van der Waals surface area contributed by atoms with E-state index in [0.717, 1.165) is 10.9 Å². The molecule has 4 aromatic rings. The van der Waals surface area contributed by atoms with Crippen LogP contribution in [0.15, 0.2) is 58.5 Å². The van der Waals surface area contributed by atoms with Gasteiger partial charge in [0.25, 0.3) is 5.56 Å². The maximum absolute atomic E-state index is 13.5. The van der Waals surface area contributed by atoms with Gasteiger partial charge in [-0.05, 0) is 32.0 Å². The molecule has 0 saturated heterocycles. The fraction of sp³-hybridized carbons (Fsp3) is 0.227. The summed E-state index contributed by atoms with van der Waals surface area (Å²) in [4.78, 5) is 33.7. The van der Waals surface area contributed by atoms with Crippen LogP contribution in [-0.4, -0.2) is 39.5 Å². The Kier molecular flexibility index (Phi) is 5.50. The van der Waals surface area contributed by atoms with Crippen LogP contribution in [0.1, 0.15) is 13.8 Å². The maximum Gasteiger partial charge on any atom is 0.319 e. The number of hydrogen-bond acceptors (Lipinski definition) is 6. The lowest BCUT2D eigenvalue weighted by Crippen LogP contribution is -2.24. The summed E-state index contributed by atoms with van der Waals surface area (Å²) in [5.41, 5.74) is 2.17. The van der Waals surface area contributed by atoms with Crippen LogP contribution in [0, 0.1) is 0 Å². The second kappa shape index (κ2) is 8.23. The smallest absolute Gasteiger partial charge is 0.319 e. The van der Waals surface area contributed by atoms with Gasteiger partial charge in [0, 0.05) is 17.0 Å². The molecule has 154 valence electrons. The quantitative estimate of drug-likeness (QED) is 0.287. The standard InChI is InChI=1S/C22H21N3O4S/c1-4-29-21(27)13(2)30-22-24-18-16-10-5-6-11-17(16)23-19(18)20(26)25(22)14-8-7-9-15(12-14)28-3/h5-13,23H,4H2,1-3H3. The number of thioether (sulfide) groups is 1. The monoisotopic (exact) mass is 423 g/mol. The normalized spacial score (nSPS) is 12.2. The predicted octanol–water partition coefficient (Wildman–Crippen LogP) is 3.92. The molecule has 1 N–H and O–H groups in total. The van der Waals surface area contributed by atoms with Gasteiger partial charge in [0.1, 0.15) is 22.0 Å². The number of hydrogen-bond donors (Lipinski definition) is 1. The van der Waals surface area contributed by atoms with Crippen molar-refractivity contribution in [3.63, 3.8) is 0 Å². The van der Waals surface area contributed by atoms with Crippen LogP contribution in [0.4, 0.5) is 0 Å². The summed E-state index contributed by atoms with van der Waals surface area (Å²) < 4.78 is 11.9. The highest BCUT2D eigenvalue weighted by molar-refractivity contribution is 8.00. The van der Waals surface area contributed by atoms with E-state index < -0.39 is 5.25 Å². The van der Waals surface area contributed by atoms with Crippen molar-refractivity contribution < 1.29 is 14.3 Å². The Labute approximate surface area is 177 Å². The third-order valence-electron chi connectivity index (χ3n) is 4.71. The maximum atomic E-state index is 13.5. The molecule has 2 heterocycles. The Morgan fingerprint density at radius 1 is 1.23 bits per heavy atom. The number of carbonyl (C=O) groups excluding carboxylic acids is 1. The van der Waals surface area contributed by atoms with Gasteiger partial charge in [0.2, 0.25) is 0 Å². The molecule has 0 amide bonds. The van der Waals surface area contributed by atoms with Crippen molar-refractivity contribution in [2.75, 3.05) is 13.7 Å². The van der Waals surface area contributed by atoms with E-state index >= 15 is 0 Å². The molecule has 0 aliphatic heterocycles. The Balaban J connectivity index is 1.96. The van der Waals surface area contributed by atoms with Crippen LogP contribution in [-0.2, 0) is 9.53 Å². The fourth-order valence-corrected chi connectivity index (χ4v) is 4.18. The lowest BCUT2D eigenvalue weighted by molar-refractivity contribution is -0.142. The summed E-state index contributed by atoms with van der Waals surface area (Å²) in [6.07, 6.45) is 0. The summed E-state index contributed by atoms with van der Waals surface area (Å²) in [5.74, 6) is 0.262. The van der Waals surface area contributed by atoms with Crippen LogP contribution in [0.5, 0.6) is 5.75 Å². The number of benzene rings is 2. The van der Waals surface area contributed by atoms with Crippen molar-refractivity contribution in [1.82, 2.24) is 14.5 Å². The van der Waals surface area contributed by atoms with Crippen molar-refractivity contribution in [2.24, 2.45) is 0 Å². The molecule has 0 aliphatic rings. The van der Waals surface area contributed by atoms with Crippen molar-refractivity contribution >= 4 is 39.7 Å². The van der Waals surface area contributed by atoms with E-state index in [1.807, 2.05) is 24.3 Å². The number of esters is 1. The van der Waals surface area contributed by atoms with Crippen molar-refractivity contribution in [3.05, 3.63) is 58.9 Å². The third-order valence-corrected chi connectivity index (χ3v) is 5.74. The molecule has 2 aromatic carbocycles. The molecule has 4 rings (SSSR count). The summed E-state index contributed by atoms with van der Waals surface area (Å²) in [6, 6.07) is 14.8. The number of carbonyl (C=O) groups is 1. The molecule has 0 radical (unpaired) electrons. The molecule has 0 spiro atoms. The van der Waals surface area contributed by atoms with Crippen LogP contribution in [0.25, 0.3) is 27.6 Å². The van der Waals surface area contributed by atoms with Gasteiger partial charge in [-0.2, -0.15) is 0 Å². The van der Waals surface area contributed by atoms with Gasteiger partial charge in [0.15, 0.2) is 5.16 Å². The van der Waals surface area contributed by atoms with Crippen molar-refractivity contribution in [2.45, 2.75) is 24.3 Å². The first-order chi connectivity index (χ1) is 14.5. The molecule has 1 atom stereocenters.